The van der Waals surface area contributed by atoms with Crippen LogP contribution in [0.25, 0.3) is 0 Å². The molecule has 4 heteroatoms. The molecule has 2 rings (SSSR count). The van der Waals surface area contributed by atoms with E-state index < -0.39 is 0 Å². The van der Waals surface area contributed by atoms with Crippen LogP contribution < -0.4 is 4.74 Å². The highest BCUT2D eigenvalue weighted by Crippen LogP contribution is 2.26. The molecule has 1 heterocycles. The van der Waals surface area contributed by atoms with E-state index in [2.05, 4.69) is 15.9 Å². The predicted molar refractivity (Wildman–Crippen MR) is 75.7 cm³/mol. The van der Waals surface area contributed by atoms with Crippen LogP contribution in [0, 0.1) is 5.92 Å². The van der Waals surface area contributed by atoms with Gasteiger partial charge in [0.2, 0.25) is 0 Å². The van der Waals surface area contributed by atoms with Gasteiger partial charge < -0.3 is 9.84 Å². The molecule has 1 saturated heterocycles. The van der Waals surface area contributed by atoms with Crippen LogP contribution in [0.4, 0.5) is 0 Å². The molecule has 1 N–H and O–H groups in total. The second kappa shape index (κ2) is 6.66. The Labute approximate surface area is 115 Å². The van der Waals surface area contributed by atoms with E-state index in [1.807, 2.05) is 36.0 Å². The quantitative estimate of drug-likeness (QED) is 0.924. The summed E-state index contributed by atoms with van der Waals surface area (Å²) in [5.41, 5.74) is 0. The summed E-state index contributed by atoms with van der Waals surface area (Å²) < 4.78 is 6.61. The third kappa shape index (κ3) is 4.19. The van der Waals surface area contributed by atoms with Crippen LogP contribution in [0.1, 0.15) is 12.8 Å². The van der Waals surface area contributed by atoms with Crippen molar-refractivity contribution in [2.45, 2.75) is 18.9 Å². The summed E-state index contributed by atoms with van der Waals surface area (Å²) in [6.45, 7) is 0.395. The van der Waals surface area contributed by atoms with Crippen LogP contribution in [0.15, 0.2) is 28.7 Å². The van der Waals surface area contributed by atoms with Gasteiger partial charge in [0.1, 0.15) is 12.4 Å². The molecule has 1 aromatic rings. The van der Waals surface area contributed by atoms with Crippen molar-refractivity contribution in [2.24, 2.45) is 5.92 Å². The highest BCUT2D eigenvalue weighted by molar-refractivity contribution is 9.10. The summed E-state index contributed by atoms with van der Waals surface area (Å²) in [5.74, 6) is 3.55. The van der Waals surface area contributed by atoms with Crippen LogP contribution in [-0.2, 0) is 0 Å². The lowest BCUT2D eigenvalue weighted by molar-refractivity contribution is 0.0534. The number of hydrogen-bond acceptors (Lipinski definition) is 3. The molecule has 0 radical (unpaired) electrons. The average Bonchev–Trinajstić information content (AvgIpc) is 2.37. The van der Waals surface area contributed by atoms with Crippen LogP contribution in [0.5, 0.6) is 5.75 Å². The predicted octanol–water partition coefficient (Wildman–Crippen LogP) is 3.33. The summed E-state index contributed by atoms with van der Waals surface area (Å²) in [6, 6.07) is 7.72. The molecule has 1 aliphatic rings. The fourth-order valence-electron chi connectivity index (χ4n) is 1.98. The number of aliphatic hydroxyl groups is 1. The molecule has 1 unspecified atom stereocenters. The van der Waals surface area contributed by atoms with Crippen molar-refractivity contribution in [1.29, 1.82) is 0 Å². The van der Waals surface area contributed by atoms with Gasteiger partial charge in [0, 0.05) is 4.47 Å². The molecule has 94 valence electrons. The minimum Gasteiger partial charge on any atom is -0.491 e. The monoisotopic (exact) mass is 316 g/mol. The fourth-order valence-corrected chi connectivity index (χ4v) is 3.50. The summed E-state index contributed by atoms with van der Waals surface area (Å²) in [4.78, 5) is 0. The second-order valence-electron chi connectivity index (χ2n) is 4.29. The van der Waals surface area contributed by atoms with Crippen molar-refractivity contribution in [3.05, 3.63) is 28.7 Å². The van der Waals surface area contributed by atoms with Crippen LogP contribution in [0.2, 0.25) is 0 Å². The lowest BCUT2D eigenvalue weighted by Crippen LogP contribution is -2.30. The van der Waals surface area contributed by atoms with Crippen molar-refractivity contribution >= 4 is 27.7 Å². The van der Waals surface area contributed by atoms with Crippen LogP contribution >= 0.6 is 27.7 Å². The molecule has 0 aromatic heterocycles. The molecule has 0 aliphatic carbocycles. The van der Waals surface area contributed by atoms with Gasteiger partial charge in [0.15, 0.2) is 0 Å². The van der Waals surface area contributed by atoms with E-state index in [4.69, 9.17) is 4.74 Å². The van der Waals surface area contributed by atoms with E-state index >= 15 is 0 Å². The van der Waals surface area contributed by atoms with E-state index in [-0.39, 0.29) is 6.10 Å². The Balaban J connectivity index is 1.80. The number of ether oxygens (including phenoxy) is 1. The van der Waals surface area contributed by atoms with Gasteiger partial charge in [-0.15, -0.1) is 0 Å². The molecule has 1 atom stereocenters. The van der Waals surface area contributed by atoms with Crippen molar-refractivity contribution in [3.63, 3.8) is 0 Å². The van der Waals surface area contributed by atoms with Gasteiger partial charge in [0.25, 0.3) is 0 Å². The topological polar surface area (TPSA) is 29.5 Å². The Morgan fingerprint density at radius 3 is 2.88 bits per heavy atom. The third-order valence-electron chi connectivity index (χ3n) is 3.03. The molecule has 1 fully saturated rings. The van der Waals surface area contributed by atoms with Gasteiger partial charge in [-0.05, 0) is 48.5 Å². The molecule has 1 aliphatic heterocycles. The fraction of sp³-hybridized carbons (Fsp3) is 0.538. The smallest absolute Gasteiger partial charge is 0.120 e. The van der Waals surface area contributed by atoms with Gasteiger partial charge in [-0.25, -0.2) is 0 Å². The zero-order valence-corrected chi connectivity index (χ0v) is 12.0. The SMILES string of the molecule is OC(COc1cccc(Br)c1)C1CCSCC1. The Morgan fingerprint density at radius 2 is 2.18 bits per heavy atom. The maximum atomic E-state index is 10.1. The van der Waals surface area contributed by atoms with Gasteiger partial charge in [-0.3, -0.25) is 0 Å². The van der Waals surface area contributed by atoms with Crippen LogP contribution in [-0.4, -0.2) is 29.3 Å². The van der Waals surface area contributed by atoms with E-state index in [9.17, 15) is 5.11 Å². The highest BCUT2D eigenvalue weighted by Gasteiger charge is 2.22. The maximum absolute atomic E-state index is 10.1. The third-order valence-corrected chi connectivity index (χ3v) is 4.57. The standard InChI is InChI=1S/C13H17BrO2S/c14-11-2-1-3-12(8-11)16-9-13(15)10-4-6-17-7-5-10/h1-3,8,10,13,15H,4-7,9H2. The maximum Gasteiger partial charge on any atom is 0.120 e. The first-order valence-electron chi connectivity index (χ1n) is 5.90. The summed E-state index contributed by atoms with van der Waals surface area (Å²) in [6.07, 6.45) is 1.87. The molecule has 17 heavy (non-hydrogen) atoms. The summed E-state index contributed by atoms with van der Waals surface area (Å²) in [5, 5.41) is 10.1. The van der Waals surface area contributed by atoms with E-state index in [1.54, 1.807) is 0 Å². The second-order valence-corrected chi connectivity index (χ2v) is 6.43. The summed E-state index contributed by atoms with van der Waals surface area (Å²) in [7, 11) is 0. The zero-order chi connectivity index (χ0) is 12.1. The van der Waals surface area contributed by atoms with Crippen molar-refractivity contribution in [3.8, 4) is 5.75 Å². The van der Waals surface area contributed by atoms with Gasteiger partial charge >= 0.3 is 0 Å². The first-order valence-corrected chi connectivity index (χ1v) is 7.84. The molecular formula is C13H17BrO2S. The lowest BCUT2D eigenvalue weighted by atomic mass is 9.96. The molecular weight excluding hydrogens is 300 g/mol. The minimum atomic E-state index is -0.338. The lowest BCUT2D eigenvalue weighted by Gasteiger charge is -2.26. The van der Waals surface area contributed by atoms with Gasteiger partial charge in [-0.1, -0.05) is 22.0 Å². The van der Waals surface area contributed by atoms with E-state index in [0.717, 1.165) is 23.1 Å². The normalized spacial score (nSPS) is 18.9. The molecule has 0 spiro atoms. The summed E-state index contributed by atoms with van der Waals surface area (Å²) >= 11 is 5.37. The van der Waals surface area contributed by atoms with Gasteiger partial charge in [0.05, 0.1) is 6.10 Å². The first-order chi connectivity index (χ1) is 8.25. The molecule has 2 nitrogen and oxygen atoms in total. The molecule has 0 amide bonds. The molecule has 1 aromatic carbocycles. The first kappa shape index (κ1) is 13.2. The Kier molecular flexibility index (Phi) is 5.19. The van der Waals surface area contributed by atoms with Crippen LogP contribution in [0.3, 0.4) is 0 Å². The largest absolute Gasteiger partial charge is 0.491 e. The van der Waals surface area contributed by atoms with Crippen molar-refractivity contribution in [1.82, 2.24) is 0 Å². The number of rotatable bonds is 4. The average molecular weight is 317 g/mol. The Hall–Kier alpha value is -0.190. The molecule has 0 bridgehead atoms. The zero-order valence-electron chi connectivity index (χ0n) is 9.64. The van der Waals surface area contributed by atoms with Crippen molar-refractivity contribution < 1.29 is 9.84 Å². The molecule has 0 saturated carbocycles. The number of aliphatic hydroxyl groups excluding tert-OH is 1. The van der Waals surface area contributed by atoms with Gasteiger partial charge in [-0.2, -0.15) is 11.8 Å². The number of benzene rings is 1. The highest BCUT2D eigenvalue weighted by atomic mass is 79.9. The number of halogens is 1. The Bertz CT molecular complexity index is 353. The Morgan fingerprint density at radius 1 is 1.41 bits per heavy atom. The van der Waals surface area contributed by atoms with E-state index in [0.29, 0.717) is 12.5 Å². The number of thioether (sulfide) groups is 1. The van der Waals surface area contributed by atoms with E-state index in [1.165, 1.54) is 11.5 Å². The number of hydrogen-bond donors (Lipinski definition) is 1. The minimum absolute atomic E-state index is 0.338. The van der Waals surface area contributed by atoms with Crippen molar-refractivity contribution in [2.75, 3.05) is 18.1 Å².